The fourth-order valence-electron chi connectivity index (χ4n) is 3.62. The van der Waals surface area contributed by atoms with Crippen molar-refractivity contribution >= 4 is 74.1 Å². The van der Waals surface area contributed by atoms with Crippen LogP contribution < -0.4 is 15.0 Å². The van der Waals surface area contributed by atoms with Gasteiger partial charge in [0.05, 0.1) is 19.3 Å². The number of hydrogen-bond donors (Lipinski definition) is 2. The van der Waals surface area contributed by atoms with E-state index >= 15 is 0 Å². The van der Waals surface area contributed by atoms with Crippen LogP contribution in [0.4, 0.5) is 10.5 Å². The molecule has 0 unspecified atom stereocenters. The highest BCUT2D eigenvalue weighted by Crippen LogP contribution is 2.34. The van der Waals surface area contributed by atoms with Gasteiger partial charge in [-0.15, -0.1) is 0 Å². The molecular weight excluding hydrogens is 655 g/mol. The summed E-state index contributed by atoms with van der Waals surface area (Å²) >= 11 is 5.57. The SMILES string of the molecule is Cc1ccc(N2C(=O)NC(=O)/C(=C\c3cc(Br)c(OCc4ccc(C(=O)O)cc4)c(I)c3)C2=O)cc1C. The predicted octanol–water partition coefficient (Wildman–Crippen LogP) is 5.61. The molecule has 0 bridgehead atoms. The molecule has 0 saturated carbocycles. The quantitative estimate of drug-likeness (QED) is 0.200. The summed E-state index contributed by atoms with van der Waals surface area (Å²) < 4.78 is 7.24. The number of anilines is 1. The molecule has 0 radical (unpaired) electrons. The molecular formula is C27H20BrIN2O6. The van der Waals surface area contributed by atoms with Crippen molar-refractivity contribution in [2.24, 2.45) is 0 Å². The molecule has 37 heavy (non-hydrogen) atoms. The summed E-state index contributed by atoms with van der Waals surface area (Å²) in [6.45, 7) is 4.01. The molecule has 4 rings (SSSR count). The van der Waals surface area contributed by atoms with Gasteiger partial charge >= 0.3 is 12.0 Å². The van der Waals surface area contributed by atoms with E-state index in [9.17, 15) is 19.2 Å². The highest BCUT2D eigenvalue weighted by Gasteiger charge is 2.37. The first-order chi connectivity index (χ1) is 17.5. The summed E-state index contributed by atoms with van der Waals surface area (Å²) in [6.07, 6.45) is 1.43. The number of amides is 4. The van der Waals surface area contributed by atoms with Crippen molar-refractivity contribution in [1.82, 2.24) is 5.32 Å². The van der Waals surface area contributed by atoms with Crippen LogP contribution in [-0.2, 0) is 16.2 Å². The molecule has 188 valence electrons. The number of nitrogens with one attached hydrogen (secondary N) is 1. The number of aromatic carboxylic acids is 1. The number of carboxylic acids is 1. The Balaban J connectivity index is 1.58. The molecule has 4 amide bonds. The molecule has 2 N–H and O–H groups in total. The van der Waals surface area contributed by atoms with Crippen LogP contribution in [-0.4, -0.2) is 28.9 Å². The third-order valence-corrected chi connectivity index (χ3v) is 7.16. The van der Waals surface area contributed by atoms with Crippen LogP contribution >= 0.6 is 38.5 Å². The van der Waals surface area contributed by atoms with Crippen LogP contribution in [0.25, 0.3) is 6.08 Å². The highest BCUT2D eigenvalue weighted by atomic mass is 127. The maximum atomic E-state index is 13.2. The van der Waals surface area contributed by atoms with Crippen molar-refractivity contribution in [3.05, 3.63) is 96.0 Å². The summed E-state index contributed by atoms with van der Waals surface area (Å²) in [5, 5.41) is 11.3. The van der Waals surface area contributed by atoms with Crippen LogP contribution in [0.2, 0.25) is 0 Å². The van der Waals surface area contributed by atoms with Crippen molar-refractivity contribution in [1.29, 1.82) is 0 Å². The lowest BCUT2D eigenvalue weighted by Crippen LogP contribution is -2.54. The first kappa shape index (κ1) is 26.6. The lowest BCUT2D eigenvalue weighted by atomic mass is 10.0. The molecule has 0 atom stereocenters. The van der Waals surface area contributed by atoms with E-state index in [4.69, 9.17) is 9.84 Å². The molecule has 1 heterocycles. The van der Waals surface area contributed by atoms with Gasteiger partial charge in [-0.1, -0.05) is 18.2 Å². The van der Waals surface area contributed by atoms with Gasteiger partial charge in [-0.2, -0.15) is 0 Å². The number of nitrogens with zero attached hydrogens (tertiary/aromatic N) is 1. The molecule has 1 fully saturated rings. The summed E-state index contributed by atoms with van der Waals surface area (Å²) in [4.78, 5) is 50.2. The van der Waals surface area contributed by atoms with E-state index in [-0.39, 0.29) is 17.7 Å². The normalized spacial score (nSPS) is 14.6. The van der Waals surface area contributed by atoms with E-state index in [1.54, 1.807) is 36.4 Å². The van der Waals surface area contributed by atoms with Gasteiger partial charge in [-0.25, -0.2) is 14.5 Å². The number of rotatable bonds is 6. The van der Waals surface area contributed by atoms with Crippen LogP contribution in [0, 0.1) is 17.4 Å². The summed E-state index contributed by atoms with van der Waals surface area (Å²) in [6, 6.07) is 14.2. The number of urea groups is 1. The van der Waals surface area contributed by atoms with Gasteiger partial charge in [0.2, 0.25) is 0 Å². The Bertz CT molecular complexity index is 1460. The number of carbonyl (C=O) groups is 4. The minimum Gasteiger partial charge on any atom is -0.487 e. The second kappa shape index (κ2) is 10.9. The lowest BCUT2D eigenvalue weighted by Gasteiger charge is -2.27. The third-order valence-electron chi connectivity index (χ3n) is 5.77. The fourth-order valence-corrected chi connectivity index (χ4v) is 5.39. The highest BCUT2D eigenvalue weighted by molar-refractivity contribution is 14.1. The number of halogens is 2. The number of carbonyl (C=O) groups excluding carboxylic acids is 3. The number of imide groups is 2. The molecule has 3 aromatic rings. The second-order valence-corrected chi connectivity index (χ2v) is 10.3. The molecule has 10 heteroatoms. The topological polar surface area (TPSA) is 113 Å². The molecule has 3 aromatic carbocycles. The van der Waals surface area contributed by atoms with Crippen LogP contribution in [0.15, 0.2) is 64.6 Å². The maximum absolute atomic E-state index is 13.2. The first-order valence-corrected chi connectivity index (χ1v) is 12.8. The summed E-state index contributed by atoms with van der Waals surface area (Å²) in [5.74, 6) is -1.93. The largest absolute Gasteiger partial charge is 0.487 e. The van der Waals surface area contributed by atoms with Crippen molar-refractivity contribution in [2.45, 2.75) is 20.5 Å². The number of benzene rings is 3. The van der Waals surface area contributed by atoms with Crippen molar-refractivity contribution in [2.75, 3.05) is 4.90 Å². The number of ether oxygens (including phenoxy) is 1. The fraction of sp³-hybridized carbons (Fsp3) is 0.111. The third kappa shape index (κ3) is 5.75. The standard InChI is InChI=1S/C27H20BrIN2O6/c1-14-3-8-19(9-15(14)2)31-25(33)20(24(32)30-27(31)36)10-17-11-21(28)23(22(29)12-17)37-13-16-4-6-18(7-5-16)26(34)35/h3-12H,13H2,1-2H3,(H,34,35)(H,30,32,36)/b20-10+. The Morgan fingerprint density at radius 3 is 2.38 bits per heavy atom. The number of carboxylic acid groups (broad SMARTS) is 1. The van der Waals surface area contributed by atoms with Crippen LogP contribution in [0.3, 0.4) is 0 Å². The number of aryl methyl sites for hydroxylation is 2. The molecule has 1 aliphatic heterocycles. The Hall–Kier alpha value is -3.51. The Labute approximate surface area is 234 Å². The average molecular weight is 675 g/mol. The van der Waals surface area contributed by atoms with Gasteiger partial charge < -0.3 is 9.84 Å². The molecule has 1 saturated heterocycles. The van der Waals surface area contributed by atoms with Crippen molar-refractivity contribution in [3.63, 3.8) is 0 Å². The van der Waals surface area contributed by atoms with E-state index < -0.39 is 23.8 Å². The van der Waals surface area contributed by atoms with Gasteiger partial charge in [-0.3, -0.25) is 14.9 Å². The minimum absolute atomic E-state index is 0.173. The minimum atomic E-state index is -0.999. The van der Waals surface area contributed by atoms with Gasteiger partial charge in [0.1, 0.15) is 17.9 Å². The van der Waals surface area contributed by atoms with E-state index in [1.165, 1.54) is 18.2 Å². The first-order valence-electron chi connectivity index (χ1n) is 11.0. The van der Waals surface area contributed by atoms with Gasteiger partial charge in [0.15, 0.2) is 0 Å². The molecule has 8 nitrogen and oxygen atoms in total. The Morgan fingerprint density at radius 1 is 1.05 bits per heavy atom. The van der Waals surface area contributed by atoms with Crippen LogP contribution in [0.5, 0.6) is 5.75 Å². The summed E-state index contributed by atoms with van der Waals surface area (Å²) in [5.41, 5.74) is 3.66. The zero-order valence-corrected chi connectivity index (χ0v) is 23.4. The average Bonchev–Trinajstić information content (AvgIpc) is 2.83. The lowest BCUT2D eigenvalue weighted by molar-refractivity contribution is -0.122. The second-order valence-electron chi connectivity index (χ2n) is 8.33. The van der Waals surface area contributed by atoms with E-state index in [0.717, 1.165) is 21.6 Å². The Morgan fingerprint density at radius 2 is 1.76 bits per heavy atom. The van der Waals surface area contributed by atoms with E-state index in [1.807, 2.05) is 19.9 Å². The van der Waals surface area contributed by atoms with Gasteiger partial charge in [0, 0.05) is 0 Å². The van der Waals surface area contributed by atoms with Gasteiger partial charge in [-0.05, 0) is 117 Å². The molecule has 0 aromatic heterocycles. The number of barbiturate groups is 1. The molecule has 0 spiro atoms. The zero-order chi connectivity index (χ0) is 26.9. The van der Waals surface area contributed by atoms with Crippen molar-refractivity contribution in [3.8, 4) is 5.75 Å². The Kier molecular flexibility index (Phi) is 7.79. The van der Waals surface area contributed by atoms with Crippen LogP contribution in [0.1, 0.15) is 32.6 Å². The maximum Gasteiger partial charge on any atom is 0.335 e. The summed E-state index contributed by atoms with van der Waals surface area (Å²) in [7, 11) is 0. The number of hydrogen-bond acceptors (Lipinski definition) is 5. The zero-order valence-electron chi connectivity index (χ0n) is 19.7. The van der Waals surface area contributed by atoms with E-state index in [2.05, 4.69) is 43.8 Å². The molecule has 1 aliphatic rings. The van der Waals surface area contributed by atoms with Gasteiger partial charge in [0.25, 0.3) is 11.8 Å². The monoisotopic (exact) mass is 674 g/mol. The smallest absolute Gasteiger partial charge is 0.335 e. The predicted molar refractivity (Wildman–Crippen MR) is 150 cm³/mol. The van der Waals surface area contributed by atoms with Crippen molar-refractivity contribution < 1.29 is 29.0 Å². The van der Waals surface area contributed by atoms with E-state index in [0.29, 0.717) is 25.0 Å². The molecule has 0 aliphatic carbocycles.